The van der Waals surface area contributed by atoms with Crippen molar-refractivity contribution >= 4 is 15.9 Å². The second-order valence-corrected chi connectivity index (χ2v) is 8.36. The van der Waals surface area contributed by atoms with E-state index in [-0.39, 0.29) is 16.9 Å². The smallest absolute Gasteiger partial charge is 0.0887 e. The summed E-state index contributed by atoms with van der Waals surface area (Å²) in [4.78, 5) is 5.11. The number of hydrogen-bond acceptors (Lipinski definition) is 3. The van der Waals surface area contributed by atoms with Crippen molar-refractivity contribution in [1.29, 1.82) is 0 Å². The van der Waals surface area contributed by atoms with Crippen LogP contribution in [0.1, 0.15) is 25.6 Å². The normalized spacial score (nSPS) is 49.6. The predicted molar refractivity (Wildman–Crippen MR) is 82.2 cm³/mol. The van der Waals surface area contributed by atoms with Gasteiger partial charge in [-0.1, -0.05) is 41.9 Å². The van der Waals surface area contributed by atoms with E-state index in [1.54, 1.807) is 0 Å². The number of nitrogens with zero attached hydrogens (tertiary/aromatic N) is 2. The van der Waals surface area contributed by atoms with E-state index in [2.05, 4.69) is 63.8 Å². The van der Waals surface area contributed by atoms with E-state index in [1.165, 1.54) is 5.56 Å². The molecule has 1 aromatic carbocycles. The first kappa shape index (κ1) is 13.3. The van der Waals surface area contributed by atoms with Crippen molar-refractivity contribution in [2.75, 3.05) is 26.2 Å². The molecule has 0 radical (unpaired) electrons. The molecule has 1 N–H and O–H groups in total. The fourth-order valence-electron chi connectivity index (χ4n) is 4.92. The molecule has 0 amide bonds. The molecule has 108 valence electrons. The minimum absolute atomic E-state index is 0.0216. The molecule has 4 aliphatic heterocycles. The molecule has 4 heterocycles. The SMILES string of the molecule is CC12CN3CC(C)(CN(C1)C3c1cccc(Br)c1)C2O. The van der Waals surface area contributed by atoms with E-state index in [0.29, 0.717) is 6.17 Å². The third-order valence-electron chi connectivity index (χ3n) is 5.42. The van der Waals surface area contributed by atoms with E-state index in [0.717, 1.165) is 30.7 Å². The lowest BCUT2D eigenvalue weighted by Crippen LogP contribution is -2.76. The quantitative estimate of drug-likeness (QED) is 0.853. The Balaban J connectivity index is 1.74. The van der Waals surface area contributed by atoms with Gasteiger partial charge >= 0.3 is 0 Å². The largest absolute Gasteiger partial charge is 0.392 e. The van der Waals surface area contributed by atoms with Gasteiger partial charge < -0.3 is 5.11 Å². The van der Waals surface area contributed by atoms with Crippen LogP contribution in [0.3, 0.4) is 0 Å². The van der Waals surface area contributed by atoms with E-state index < -0.39 is 0 Å². The van der Waals surface area contributed by atoms with Crippen LogP contribution in [0.15, 0.2) is 28.7 Å². The van der Waals surface area contributed by atoms with Gasteiger partial charge in [0.15, 0.2) is 0 Å². The number of halogens is 1. The van der Waals surface area contributed by atoms with Crippen molar-refractivity contribution < 1.29 is 5.11 Å². The van der Waals surface area contributed by atoms with Gasteiger partial charge in [0.05, 0.1) is 12.3 Å². The van der Waals surface area contributed by atoms with E-state index >= 15 is 0 Å². The average Bonchev–Trinajstić information content (AvgIpc) is 2.34. The number of rotatable bonds is 1. The van der Waals surface area contributed by atoms with Crippen LogP contribution in [0, 0.1) is 10.8 Å². The monoisotopic (exact) mass is 336 g/mol. The van der Waals surface area contributed by atoms with Crippen LogP contribution < -0.4 is 0 Å². The number of benzene rings is 1. The summed E-state index contributed by atoms with van der Waals surface area (Å²) >= 11 is 3.58. The summed E-state index contributed by atoms with van der Waals surface area (Å²) in [6, 6.07) is 8.65. The lowest BCUT2D eigenvalue weighted by atomic mass is 9.60. The Hall–Kier alpha value is -0.420. The maximum atomic E-state index is 10.7. The van der Waals surface area contributed by atoms with Crippen LogP contribution in [0.4, 0.5) is 0 Å². The standard InChI is InChI=1S/C16H21BrN2O/c1-15-7-18-9-16(2,14(15)20)10-19(8-15)13(18)11-4-3-5-12(17)6-11/h3-6,13-14,20H,7-10H2,1-2H3. The predicted octanol–water partition coefficient (Wildman–Crippen LogP) is 2.47. The number of aliphatic hydroxyl groups excluding tert-OH is 1. The summed E-state index contributed by atoms with van der Waals surface area (Å²) in [5.74, 6) is 0. The van der Waals surface area contributed by atoms with Gasteiger partial charge in [-0.05, 0) is 17.7 Å². The summed E-state index contributed by atoms with van der Waals surface area (Å²) in [6.07, 6.45) is 0.201. The molecule has 4 aliphatic rings. The Morgan fingerprint density at radius 3 is 2.15 bits per heavy atom. The molecule has 4 heteroatoms. The summed E-state index contributed by atoms with van der Waals surface area (Å²) in [6.45, 7) is 8.47. The molecular weight excluding hydrogens is 316 g/mol. The first-order chi connectivity index (χ1) is 9.41. The van der Waals surface area contributed by atoms with E-state index in [4.69, 9.17) is 0 Å². The van der Waals surface area contributed by atoms with Crippen molar-refractivity contribution in [2.45, 2.75) is 26.1 Å². The third-order valence-corrected chi connectivity index (χ3v) is 5.91. The first-order valence-electron chi connectivity index (χ1n) is 7.33. The molecule has 5 rings (SSSR count). The molecule has 0 atom stereocenters. The molecule has 0 spiro atoms. The first-order valence-corrected chi connectivity index (χ1v) is 8.12. The second kappa shape index (κ2) is 4.07. The Bertz CT molecular complexity index is 523. The number of hydrogen-bond donors (Lipinski definition) is 1. The molecule has 0 aromatic heterocycles. The molecule has 4 fully saturated rings. The van der Waals surface area contributed by atoms with Gasteiger partial charge in [0, 0.05) is 41.5 Å². The van der Waals surface area contributed by atoms with Crippen LogP contribution in [-0.2, 0) is 0 Å². The molecular formula is C16H21BrN2O. The minimum Gasteiger partial charge on any atom is -0.392 e. The average molecular weight is 337 g/mol. The van der Waals surface area contributed by atoms with Crippen LogP contribution in [0.25, 0.3) is 0 Å². The van der Waals surface area contributed by atoms with Crippen molar-refractivity contribution in [2.24, 2.45) is 10.8 Å². The van der Waals surface area contributed by atoms with Crippen molar-refractivity contribution in [1.82, 2.24) is 9.80 Å². The highest BCUT2D eigenvalue weighted by Gasteiger charge is 2.61. The maximum Gasteiger partial charge on any atom is 0.0887 e. The van der Waals surface area contributed by atoms with Gasteiger partial charge in [-0.2, -0.15) is 0 Å². The van der Waals surface area contributed by atoms with Crippen molar-refractivity contribution in [3.05, 3.63) is 34.3 Å². The lowest BCUT2D eigenvalue weighted by Gasteiger charge is -2.68. The van der Waals surface area contributed by atoms with E-state index in [1.807, 2.05) is 0 Å². The van der Waals surface area contributed by atoms with Gasteiger partial charge in [0.25, 0.3) is 0 Å². The number of piperidine rings is 2. The van der Waals surface area contributed by atoms with Crippen LogP contribution in [0.2, 0.25) is 0 Å². The highest BCUT2D eigenvalue weighted by Crippen LogP contribution is 2.54. The zero-order valence-electron chi connectivity index (χ0n) is 12.0. The van der Waals surface area contributed by atoms with Crippen molar-refractivity contribution in [3.8, 4) is 0 Å². The third kappa shape index (κ3) is 1.68. The lowest BCUT2D eigenvalue weighted by molar-refractivity contribution is -0.253. The Labute approximate surface area is 128 Å². The van der Waals surface area contributed by atoms with E-state index in [9.17, 15) is 5.11 Å². The Morgan fingerprint density at radius 2 is 1.65 bits per heavy atom. The van der Waals surface area contributed by atoms with Gasteiger partial charge in [-0.3, -0.25) is 9.80 Å². The summed E-state index contributed by atoms with van der Waals surface area (Å²) < 4.78 is 1.14. The Kier molecular flexibility index (Phi) is 2.70. The van der Waals surface area contributed by atoms with Crippen molar-refractivity contribution in [3.63, 3.8) is 0 Å². The highest BCUT2D eigenvalue weighted by atomic mass is 79.9. The fraction of sp³-hybridized carbons (Fsp3) is 0.625. The number of aliphatic hydroxyl groups is 1. The molecule has 3 nitrogen and oxygen atoms in total. The Morgan fingerprint density at radius 1 is 1.10 bits per heavy atom. The van der Waals surface area contributed by atoms with Crippen LogP contribution in [0.5, 0.6) is 0 Å². The summed E-state index contributed by atoms with van der Waals surface area (Å²) in [5.41, 5.74) is 1.40. The topological polar surface area (TPSA) is 26.7 Å². The molecule has 4 bridgehead atoms. The molecule has 4 saturated heterocycles. The summed E-state index contributed by atoms with van der Waals surface area (Å²) in [5, 5.41) is 10.7. The molecule has 20 heavy (non-hydrogen) atoms. The fourth-order valence-corrected chi connectivity index (χ4v) is 5.34. The second-order valence-electron chi connectivity index (χ2n) is 7.45. The van der Waals surface area contributed by atoms with Gasteiger partial charge in [-0.15, -0.1) is 0 Å². The van der Waals surface area contributed by atoms with Gasteiger partial charge in [0.2, 0.25) is 0 Å². The molecule has 0 saturated carbocycles. The molecule has 1 aromatic rings. The molecule has 0 aliphatic carbocycles. The van der Waals surface area contributed by atoms with Crippen LogP contribution >= 0.6 is 15.9 Å². The molecule has 0 unspecified atom stereocenters. The zero-order valence-corrected chi connectivity index (χ0v) is 13.6. The van der Waals surface area contributed by atoms with Gasteiger partial charge in [0.1, 0.15) is 0 Å². The zero-order chi connectivity index (χ0) is 14.1. The minimum atomic E-state index is -0.175. The maximum absolute atomic E-state index is 10.7. The van der Waals surface area contributed by atoms with Crippen LogP contribution in [-0.4, -0.2) is 47.2 Å². The highest BCUT2D eigenvalue weighted by molar-refractivity contribution is 9.10. The summed E-state index contributed by atoms with van der Waals surface area (Å²) in [7, 11) is 0. The van der Waals surface area contributed by atoms with Gasteiger partial charge in [-0.25, -0.2) is 0 Å².